The van der Waals surface area contributed by atoms with Crippen molar-refractivity contribution in [2.45, 2.75) is 66.3 Å². The SMILES string of the molecule is CC(C)CCCCCc1cn(CC(C)C)nn1. The molecule has 1 rings (SSSR count). The summed E-state index contributed by atoms with van der Waals surface area (Å²) in [6.45, 7) is 9.95. The summed E-state index contributed by atoms with van der Waals surface area (Å²) >= 11 is 0. The maximum atomic E-state index is 4.21. The molecule has 1 aromatic rings. The van der Waals surface area contributed by atoms with Crippen LogP contribution in [0.4, 0.5) is 0 Å². The Morgan fingerprint density at radius 2 is 1.82 bits per heavy atom. The normalized spacial score (nSPS) is 11.6. The quantitative estimate of drug-likeness (QED) is 0.646. The molecule has 0 saturated heterocycles. The second kappa shape index (κ2) is 7.46. The third kappa shape index (κ3) is 6.44. The molecule has 0 amide bonds. The summed E-state index contributed by atoms with van der Waals surface area (Å²) < 4.78 is 1.97. The zero-order valence-corrected chi connectivity index (χ0v) is 11.8. The minimum atomic E-state index is 0.635. The summed E-state index contributed by atoms with van der Waals surface area (Å²) in [6.07, 6.45) is 8.43. The molecule has 0 aliphatic carbocycles. The van der Waals surface area contributed by atoms with Crippen molar-refractivity contribution in [2.24, 2.45) is 11.8 Å². The number of hydrogen-bond donors (Lipinski definition) is 0. The van der Waals surface area contributed by atoms with Crippen molar-refractivity contribution in [3.63, 3.8) is 0 Å². The van der Waals surface area contributed by atoms with Gasteiger partial charge in [0.05, 0.1) is 5.69 Å². The number of rotatable bonds is 8. The van der Waals surface area contributed by atoms with Gasteiger partial charge in [-0.3, -0.25) is 4.68 Å². The van der Waals surface area contributed by atoms with Gasteiger partial charge in [-0.05, 0) is 24.7 Å². The molecule has 0 atom stereocenters. The molecule has 3 nitrogen and oxygen atoms in total. The molecule has 0 N–H and O–H groups in total. The van der Waals surface area contributed by atoms with E-state index in [2.05, 4.69) is 44.2 Å². The molecule has 0 aliphatic heterocycles. The summed E-state index contributed by atoms with van der Waals surface area (Å²) in [5.41, 5.74) is 1.15. The smallest absolute Gasteiger partial charge is 0.0827 e. The lowest BCUT2D eigenvalue weighted by Crippen LogP contribution is -2.04. The van der Waals surface area contributed by atoms with E-state index < -0.39 is 0 Å². The minimum absolute atomic E-state index is 0.635. The maximum absolute atomic E-state index is 4.21. The Morgan fingerprint density at radius 1 is 1.06 bits per heavy atom. The van der Waals surface area contributed by atoms with Crippen LogP contribution in [0.15, 0.2) is 6.20 Å². The highest BCUT2D eigenvalue weighted by Crippen LogP contribution is 2.10. The molecule has 1 aromatic heterocycles. The van der Waals surface area contributed by atoms with Gasteiger partial charge >= 0.3 is 0 Å². The van der Waals surface area contributed by atoms with Crippen molar-refractivity contribution in [1.82, 2.24) is 15.0 Å². The fourth-order valence-electron chi connectivity index (χ4n) is 1.95. The Morgan fingerprint density at radius 3 is 2.47 bits per heavy atom. The monoisotopic (exact) mass is 237 g/mol. The highest BCUT2D eigenvalue weighted by molar-refractivity contribution is 4.92. The first kappa shape index (κ1) is 14.2. The number of nitrogens with zero attached hydrogens (tertiary/aromatic N) is 3. The van der Waals surface area contributed by atoms with Gasteiger partial charge < -0.3 is 0 Å². The van der Waals surface area contributed by atoms with Crippen molar-refractivity contribution in [3.05, 3.63) is 11.9 Å². The molecule has 98 valence electrons. The summed E-state index contributed by atoms with van der Waals surface area (Å²) in [4.78, 5) is 0. The van der Waals surface area contributed by atoms with E-state index in [1.165, 1.54) is 25.7 Å². The lowest BCUT2D eigenvalue weighted by molar-refractivity contribution is 0.472. The lowest BCUT2D eigenvalue weighted by Gasteiger charge is -2.03. The van der Waals surface area contributed by atoms with Crippen molar-refractivity contribution in [2.75, 3.05) is 0 Å². The van der Waals surface area contributed by atoms with Crippen LogP contribution in [0.2, 0.25) is 0 Å². The predicted octanol–water partition coefficient (Wildman–Crippen LogP) is 3.69. The van der Waals surface area contributed by atoms with Gasteiger partial charge in [0.1, 0.15) is 0 Å². The molecule has 0 bridgehead atoms. The molecule has 17 heavy (non-hydrogen) atoms. The van der Waals surface area contributed by atoms with E-state index in [4.69, 9.17) is 0 Å². The van der Waals surface area contributed by atoms with Gasteiger partial charge in [-0.15, -0.1) is 5.10 Å². The van der Waals surface area contributed by atoms with E-state index in [-0.39, 0.29) is 0 Å². The molecule has 0 saturated carbocycles. The summed E-state index contributed by atoms with van der Waals surface area (Å²) in [5, 5.41) is 8.37. The van der Waals surface area contributed by atoms with Gasteiger partial charge in [0.2, 0.25) is 0 Å². The highest BCUT2D eigenvalue weighted by Gasteiger charge is 2.02. The van der Waals surface area contributed by atoms with Crippen LogP contribution in [-0.2, 0) is 13.0 Å². The summed E-state index contributed by atoms with van der Waals surface area (Å²) in [7, 11) is 0. The van der Waals surface area contributed by atoms with Gasteiger partial charge in [-0.1, -0.05) is 52.2 Å². The molecule has 0 spiro atoms. The molecule has 0 unspecified atom stereocenters. The van der Waals surface area contributed by atoms with Crippen molar-refractivity contribution >= 4 is 0 Å². The third-order valence-electron chi connectivity index (χ3n) is 2.85. The van der Waals surface area contributed by atoms with Crippen LogP contribution in [0, 0.1) is 11.8 Å². The Bertz CT molecular complexity index is 302. The van der Waals surface area contributed by atoms with Crippen LogP contribution < -0.4 is 0 Å². The number of aromatic nitrogens is 3. The fourth-order valence-corrected chi connectivity index (χ4v) is 1.95. The molecule has 0 aliphatic rings. The van der Waals surface area contributed by atoms with Gasteiger partial charge in [0, 0.05) is 12.7 Å². The second-order valence-corrected chi connectivity index (χ2v) is 5.82. The van der Waals surface area contributed by atoms with Crippen LogP contribution in [0.3, 0.4) is 0 Å². The average Bonchev–Trinajstić information content (AvgIpc) is 2.63. The Labute approximate surface area is 106 Å². The topological polar surface area (TPSA) is 30.7 Å². The first-order valence-electron chi connectivity index (χ1n) is 6.97. The Hall–Kier alpha value is -0.860. The number of unbranched alkanes of at least 4 members (excludes halogenated alkanes) is 2. The zero-order valence-electron chi connectivity index (χ0n) is 11.8. The Balaban J connectivity index is 2.16. The largest absolute Gasteiger partial charge is 0.252 e. The standard InChI is InChI=1S/C14H27N3/c1-12(2)8-6-5-7-9-14-11-17(16-15-14)10-13(3)4/h11-13H,5-10H2,1-4H3. The molecule has 0 aromatic carbocycles. The molecule has 3 heteroatoms. The van der Waals surface area contributed by atoms with Crippen LogP contribution in [0.1, 0.15) is 59.1 Å². The zero-order chi connectivity index (χ0) is 12.7. The minimum Gasteiger partial charge on any atom is -0.252 e. The van der Waals surface area contributed by atoms with Crippen molar-refractivity contribution < 1.29 is 0 Å². The second-order valence-electron chi connectivity index (χ2n) is 5.82. The van der Waals surface area contributed by atoms with Crippen LogP contribution in [-0.4, -0.2) is 15.0 Å². The molecule has 1 heterocycles. The molecule has 0 fully saturated rings. The van der Waals surface area contributed by atoms with Gasteiger partial charge in [-0.25, -0.2) is 0 Å². The molecular formula is C14H27N3. The van der Waals surface area contributed by atoms with Gasteiger partial charge in [-0.2, -0.15) is 0 Å². The first-order valence-corrected chi connectivity index (χ1v) is 6.97. The van der Waals surface area contributed by atoms with E-state index in [0.717, 1.165) is 24.6 Å². The van der Waals surface area contributed by atoms with Gasteiger partial charge in [0.25, 0.3) is 0 Å². The average molecular weight is 237 g/mol. The molecular weight excluding hydrogens is 210 g/mol. The van der Waals surface area contributed by atoms with E-state index in [9.17, 15) is 0 Å². The van der Waals surface area contributed by atoms with Crippen LogP contribution in [0.25, 0.3) is 0 Å². The van der Waals surface area contributed by atoms with E-state index >= 15 is 0 Å². The Kier molecular flexibility index (Phi) is 6.23. The third-order valence-corrected chi connectivity index (χ3v) is 2.85. The lowest BCUT2D eigenvalue weighted by atomic mass is 10.0. The first-order chi connectivity index (χ1) is 8.08. The summed E-state index contributed by atoms with van der Waals surface area (Å²) in [6, 6.07) is 0. The van der Waals surface area contributed by atoms with Crippen molar-refractivity contribution in [3.8, 4) is 0 Å². The fraction of sp³-hybridized carbons (Fsp3) is 0.857. The van der Waals surface area contributed by atoms with Crippen LogP contribution >= 0.6 is 0 Å². The van der Waals surface area contributed by atoms with Crippen LogP contribution in [0.5, 0.6) is 0 Å². The van der Waals surface area contributed by atoms with Gasteiger partial charge in [0.15, 0.2) is 0 Å². The number of aryl methyl sites for hydroxylation is 1. The van der Waals surface area contributed by atoms with E-state index in [1.54, 1.807) is 0 Å². The van der Waals surface area contributed by atoms with E-state index in [1.807, 2.05) is 4.68 Å². The highest BCUT2D eigenvalue weighted by atomic mass is 15.4. The van der Waals surface area contributed by atoms with E-state index in [0.29, 0.717) is 5.92 Å². The number of hydrogen-bond acceptors (Lipinski definition) is 2. The molecule has 0 radical (unpaired) electrons. The summed E-state index contributed by atoms with van der Waals surface area (Å²) in [5.74, 6) is 1.47. The predicted molar refractivity (Wildman–Crippen MR) is 71.9 cm³/mol. The maximum Gasteiger partial charge on any atom is 0.0827 e. The van der Waals surface area contributed by atoms with Crippen molar-refractivity contribution in [1.29, 1.82) is 0 Å².